The molecule has 0 unspecified atom stereocenters. The van der Waals surface area contributed by atoms with Gasteiger partial charge >= 0.3 is 0 Å². The molecular formula is C21H22N2O5S. The Morgan fingerprint density at radius 3 is 2.38 bits per heavy atom. The number of primary amides is 1. The first-order chi connectivity index (χ1) is 13.7. The van der Waals surface area contributed by atoms with Gasteiger partial charge in [-0.05, 0) is 56.0 Å². The Balaban J connectivity index is 1.73. The van der Waals surface area contributed by atoms with Crippen molar-refractivity contribution in [3.63, 3.8) is 0 Å². The molecule has 2 saturated carbocycles. The third kappa shape index (κ3) is 3.85. The van der Waals surface area contributed by atoms with E-state index in [1.165, 1.54) is 18.2 Å². The van der Waals surface area contributed by atoms with E-state index in [4.69, 9.17) is 10.5 Å². The van der Waals surface area contributed by atoms with Crippen molar-refractivity contribution in [1.29, 1.82) is 0 Å². The van der Waals surface area contributed by atoms with Crippen molar-refractivity contribution in [3.05, 3.63) is 48.0 Å². The smallest absolute Gasteiger partial charge is 0.228 e. The van der Waals surface area contributed by atoms with Crippen LogP contribution in [-0.4, -0.2) is 26.5 Å². The second kappa shape index (κ2) is 6.88. The monoisotopic (exact) mass is 414 g/mol. The molecule has 0 aliphatic heterocycles. The molecule has 3 N–H and O–H groups in total. The number of ether oxygens (including phenoxy) is 1. The molecule has 2 aromatic carbocycles. The van der Waals surface area contributed by atoms with E-state index < -0.39 is 21.2 Å². The van der Waals surface area contributed by atoms with Crippen LogP contribution in [0.25, 0.3) is 0 Å². The molecular weight excluding hydrogens is 392 g/mol. The number of nitrogens with one attached hydrogen (secondary N) is 1. The molecule has 2 amide bonds. The van der Waals surface area contributed by atoms with Gasteiger partial charge < -0.3 is 15.8 Å². The fraction of sp³-hybridized carbons (Fsp3) is 0.333. The summed E-state index contributed by atoms with van der Waals surface area (Å²) in [5.41, 5.74) is 5.67. The molecule has 0 saturated heterocycles. The van der Waals surface area contributed by atoms with Gasteiger partial charge in [-0.3, -0.25) is 9.59 Å². The predicted octanol–water partition coefficient (Wildman–Crippen LogP) is 2.75. The van der Waals surface area contributed by atoms with Crippen LogP contribution in [0.4, 0.5) is 5.69 Å². The van der Waals surface area contributed by atoms with Gasteiger partial charge in [0.15, 0.2) is 15.6 Å². The number of amides is 2. The van der Waals surface area contributed by atoms with Crippen LogP contribution in [0.5, 0.6) is 11.5 Å². The summed E-state index contributed by atoms with van der Waals surface area (Å²) in [4.78, 5) is 24.4. The van der Waals surface area contributed by atoms with E-state index in [0.29, 0.717) is 35.6 Å². The molecule has 0 atom stereocenters. The summed E-state index contributed by atoms with van der Waals surface area (Å²) in [6.07, 6.45) is 3.94. The number of hydrogen-bond donors (Lipinski definition) is 2. The number of anilines is 1. The van der Waals surface area contributed by atoms with Gasteiger partial charge in [-0.1, -0.05) is 12.1 Å². The lowest BCUT2D eigenvalue weighted by atomic mass is 9.94. The van der Waals surface area contributed by atoms with E-state index in [0.717, 1.165) is 19.1 Å². The Morgan fingerprint density at radius 2 is 1.79 bits per heavy atom. The van der Waals surface area contributed by atoms with E-state index in [1.54, 1.807) is 24.3 Å². The van der Waals surface area contributed by atoms with E-state index >= 15 is 0 Å². The lowest BCUT2D eigenvalue weighted by Gasteiger charge is -2.19. The zero-order valence-electron chi connectivity index (χ0n) is 16.0. The van der Waals surface area contributed by atoms with Crippen molar-refractivity contribution in [2.75, 3.05) is 11.6 Å². The molecule has 0 bridgehead atoms. The number of sulfone groups is 1. The van der Waals surface area contributed by atoms with Crippen LogP contribution >= 0.6 is 0 Å². The summed E-state index contributed by atoms with van der Waals surface area (Å²) >= 11 is 0. The van der Waals surface area contributed by atoms with Gasteiger partial charge in [0, 0.05) is 17.7 Å². The predicted molar refractivity (Wildman–Crippen MR) is 108 cm³/mol. The first-order valence-electron chi connectivity index (χ1n) is 9.43. The third-order valence-electron chi connectivity index (χ3n) is 5.43. The van der Waals surface area contributed by atoms with Crippen molar-refractivity contribution in [2.45, 2.75) is 36.0 Å². The summed E-state index contributed by atoms with van der Waals surface area (Å²) in [7, 11) is -3.46. The molecule has 7 nitrogen and oxygen atoms in total. The van der Waals surface area contributed by atoms with Crippen molar-refractivity contribution >= 4 is 27.3 Å². The number of carbonyl (C=O) groups is 2. The molecule has 0 spiro atoms. The molecule has 8 heteroatoms. The molecule has 2 aliphatic rings. The van der Waals surface area contributed by atoms with E-state index in [2.05, 4.69) is 5.32 Å². The van der Waals surface area contributed by atoms with Gasteiger partial charge in [0.2, 0.25) is 11.8 Å². The van der Waals surface area contributed by atoms with Crippen LogP contribution in [0.2, 0.25) is 0 Å². The summed E-state index contributed by atoms with van der Waals surface area (Å²) in [6.45, 7) is 0. The average molecular weight is 414 g/mol. The maximum absolute atomic E-state index is 12.2. The van der Waals surface area contributed by atoms with Gasteiger partial charge in [-0.2, -0.15) is 0 Å². The van der Waals surface area contributed by atoms with Crippen molar-refractivity contribution in [2.24, 2.45) is 11.7 Å². The Morgan fingerprint density at radius 1 is 1.10 bits per heavy atom. The highest BCUT2D eigenvalue weighted by Crippen LogP contribution is 2.52. The zero-order valence-corrected chi connectivity index (χ0v) is 16.8. The first-order valence-corrected chi connectivity index (χ1v) is 11.3. The van der Waals surface area contributed by atoms with Gasteiger partial charge in [0.25, 0.3) is 0 Å². The molecule has 29 heavy (non-hydrogen) atoms. The van der Waals surface area contributed by atoms with Gasteiger partial charge in [0.05, 0.1) is 16.0 Å². The minimum atomic E-state index is -3.46. The summed E-state index contributed by atoms with van der Waals surface area (Å²) in [5.74, 6) is 0.238. The highest BCUT2D eigenvalue weighted by molar-refractivity contribution is 7.90. The van der Waals surface area contributed by atoms with Crippen LogP contribution in [0.1, 0.15) is 31.2 Å². The Labute approximate surface area is 169 Å². The maximum Gasteiger partial charge on any atom is 0.228 e. The lowest BCUT2D eigenvalue weighted by molar-refractivity contribution is -0.120. The lowest BCUT2D eigenvalue weighted by Crippen LogP contribution is -2.29. The molecule has 0 aromatic heterocycles. The fourth-order valence-electron chi connectivity index (χ4n) is 3.33. The Bertz CT molecular complexity index is 1100. The second-order valence-electron chi connectivity index (χ2n) is 7.74. The summed E-state index contributed by atoms with van der Waals surface area (Å²) in [6, 6.07) is 11.4. The van der Waals surface area contributed by atoms with Crippen LogP contribution in [0.15, 0.2) is 47.4 Å². The average Bonchev–Trinajstić information content (AvgIpc) is 3.55. The summed E-state index contributed by atoms with van der Waals surface area (Å²) in [5, 5.41) is 2.87. The normalized spacial score (nSPS) is 17.4. The maximum atomic E-state index is 12.2. The minimum absolute atomic E-state index is 0.0391. The number of benzene rings is 2. The third-order valence-corrected chi connectivity index (χ3v) is 6.54. The number of hydrogen-bond acceptors (Lipinski definition) is 5. The minimum Gasteiger partial charge on any atom is -0.455 e. The second-order valence-corrected chi connectivity index (χ2v) is 9.75. The molecule has 0 heterocycles. The number of rotatable bonds is 7. The highest BCUT2D eigenvalue weighted by atomic mass is 32.2. The fourth-order valence-corrected chi connectivity index (χ4v) is 3.98. The number of nitrogens with two attached hydrogens (primary N) is 1. The van der Waals surface area contributed by atoms with Crippen molar-refractivity contribution in [1.82, 2.24) is 0 Å². The Hall–Kier alpha value is -2.87. The standard InChI is InChI=1S/C21H22N2O5S/c1-29(26,27)14-8-9-17(15(12-14)21(10-11-21)20(22)25)28-18-5-3-2-4-16(18)23-19(24)13-6-7-13/h2-5,8-9,12-13H,6-7,10-11H2,1H3,(H2,22,25)(H,23,24). The topological polar surface area (TPSA) is 116 Å². The summed E-state index contributed by atoms with van der Waals surface area (Å²) < 4.78 is 30.1. The van der Waals surface area contributed by atoms with Crippen LogP contribution < -0.4 is 15.8 Å². The largest absolute Gasteiger partial charge is 0.455 e. The first kappa shape index (κ1) is 19.4. The van der Waals surface area contributed by atoms with E-state index in [9.17, 15) is 18.0 Å². The molecule has 2 aromatic rings. The van der Waals surface area contributed by atoms with Crippen LogP contribution in [-0.2, 0) is 24.8 Å². The molecule has 152 valence electrons. The molecule has 2 fully saturated rings. The SMILES string of the molecule is CS(=O)(=O)c1ccc(Oc2ccccc2NC(=O)C2CC2)c(C2(C(N)=O)CC2)c1. The van der Waals surface area contributed by atoms with Crippen LogP contribution in [0, 0.1) is 5.92 Å². The van der Waals surface area contributed by atoms with E-state index in [1.807, 2.05) is 0 Å². The van der Waals surface area contributed by atoms with Crippen molar-refractivity contribution in [3.8, 4) is 11.5 Å². The van der Waals surface area contributed by atoms with Crippen LogP contribution in [0.3, 0.4) is 0 Å². The molecule has 4 rings (SSSR count). The molecule has 0 radical (unpaired) electrons. The van der Waals surface area contributed by atoms with Gasteiger partial charge in [-0.25, -0.2) is 8.42 Å². The highest BCUT2D eigenvalue weighted by Gasteiger charge is 2.52. The van der Waals surface area contributed by atoms with Gasteiger partial charge in [-0.15, -0.1) is 0 Å². The van der Waals surface area contributed by atoms with Crippen molar-refractivity contribution < 1.29 is 22.7 Å². The molecule has 2 aliphatic carbocycles. The number of carbonyl (C=O) groups excluding carboxylic acids is 2. The zero-order chi connectivity index (χ0) is 20.8. The Kier molecular flexibility index (Phi) is 4.61. The van der Waals surface area contributed by atoms with E-state index in [-0.39, 0.29) is 16.7 Å². The van der Waals surface area contributed by atoms with Gasteiger partial charge in [0.1, 0.15) is 5.75 Å². The number of para-hydroxylation sites is 2. The quantitative estimate of drug-likeness (QED) is 0.723.